The van der Waals surface area contributed by atoms with Gasteiger partial charge in [0.25, 0.3) is 0 Å². The Hall–Kier alpha value is -1.57. The van der Waals surface area contributed by atoms with E-state index >= 15 is 0 Å². The van der Waals surface area contributed by atoms with E-state index in [0.29, 0.717) is 0 Å². The molecule has 11 heteroatoms. The van der Waals surface area contributed by atoms with E-state index in [0.717, 1.165) is 0 Å². The van der Waals surface area contributed by atoms with Gasteiger partial charge in [-0.15, -0.1) is 0 Å². The van der Waals surface area contributed by atoms with Gasteiger partial charge >= 0.3 is 5.97 Å². The Morgan fingerprint density at radius 3 is 2.47 bits per heavy atom. The number of H-pyrrole nitrogens is 1. The molecule has 6 bridgehead atoms. The fourth-order valence-electron chi connectivity index (χ4n) is 9.59. The lowest BCUT2D eigenvalue weighted by atomic mass is 9.54. The first kappa shape index (κ1) is 24.7. The third kappa shape index (κ3) is 1.91. The van der Waals surface area contributed by atoms with Gasteiger partial charge in [-0.3, -0.25) is 0 Å². The first-order valence-electron chi connectivity index (χ1n) is 12.5. The Morgan fingerprint density at radius 1 is 1.25 bits per heavy atom. The van der Waals surface area contributed by atoms with Crippen molar-refractivity contribution in [1.82, 2.24) is 4.98 Å². The number of aromatic amines is 1. The van der Waals surface area contributed by atoms with Gasteiger partial charge in [-0.25, -0.2) is 4.79 Å². The molecule has 0 aromatic carbocycles. The lowest BCUT2D eigenvalue weighted by molar-refractivity contribution is -0.396. The van der Waals surface area contributed by atoms with E-state index in [2.05, 4.69) is 4.98 Å². The van der Waals surface area contributed by atoms with Crippen LogP contribution in [0.15, 0.2) is 18.3 Å². The number of aromatic nitrogens is 1. The van der Waals surface area contributed by atoms with Crippen molar-refractivity contribution in [2.24, 2.45) is 28.6 Å². The van der Waals surface area contributed by atoms with Crippen molar-refractivity contribution in [3.05, 3.63) is 24.0 Å². The highest BCUT2D eigenvalue weighted by atomic mass is 16.7. The Labute approximate surface area is 207 Å². The average molecular weight is 510 g/mol. The van der Waals surface area contributed by atoms with E-state index < -0.39 is 94.1 Å². The highest BCUT2D eigenvalue weighted by Gasteiger charge is 3.06. The quantitative estimate of drug-likeness (QED) is 0.225. The predicted molar refractivity (Wildman–Crippen MR) is 120 cm³/mol. The summed E-state index contributed by atoms with van der Waals surface area (Å²) in [7, 11) is 0. The second-order valence-electron chi connectivity index (χ2n) is 12.3. The molecule has 1 aromatic rings. The minimum Gasteiger partial charge on any atom is -0.454 e. The molecule has 1 spiro atoms. The van der Waals surface area contributed by atoms with E-state index in [-0.39, 0.29) is 12.1 Å². The fraction of sp³-hybridized carbons (Fsp3) is 0.800. The molecule has 6 aliphatic rings. The maximum atomic E-state index is 13.2. The Bertz CT molecular complexity index is 1130. The van der Waals surface area contributed by atoms with Crippen LogP contribution in [-0.2, 0) is 9.47 Å². The van der Waals surface area contributed by atoms with Crippen LogP contribution in [0.5, 0.6) is 0 Å². The summed E-state index contributed by atoms with van der Waals surface area (Å²) < 4.78 is 12.1. The summed E-state index contributed by atoms with van der Waals surface area (Å²) in [6, 6.07) is 3.07. The van der Waals surface area contributed by atoms with Gasteiger partial charge in [0.1, 0.15) is 28.6 Å². The molecule has 1 aromatic heterocycles. The fourth-order valence-corrected chi connectivity index (χ4v) is 9.59. The highest BCUT2D eigenvalue weighted by molar-refractivity contribution is 5.87. The van der Waals surface area contributed by atoms with Crippen molar-refractivity contribution in [2.45, 2.75) is 87.0 Å². The number of ether oxygens (including phenoxy) is 2. The first-order valence-corrected chi connectivity index (χ1v) is 12.5. The van der Waals surface area contributed by atoms with E-state index in [9.17, 15) is 40.5 Å². The minimum absolute atomic E-state index is 0.0867. The smallest absolute Gasteiger partial charge is 0.355 e. The zero-order valence-corrected chi connectivity index (χ0v) is 20.7. The van der Waals surface area contributed by atoms with Crippen LogP contribution in [0.1, 0.15) is 51.0 Å². The molecule has 36 heavy (non-hydrogen) atoms. The summed E-state index contributed by atoms with van der Waals surface area (Å²) in [6.45, 7) is 5.47. The number of carbonyl (C=O) groups is 1. The molecule has 2 aliphatic heterocycles. The summed E-state index contributed by atoms with van der Waals surface area (Å²) in [5.41, 5.74) is -12.7. The van der Waals surface area contributed by atoms with Gasteiger partial charge in [0, 0.05) is 36.3 Å². The molecule has 0 amide bonds. The van der Waals surface area contributed by atoms with Crippen molar-refractivity contribution in [2.75, 3.05) is 6.61 Å². The normalized spacial score (nSPS) is 58.5. The number of hydrogen-bond acceptors (Lipinski definition) is 10. The molecule has 6 fully saturated rings. The van der Waals surface area contributed by atoms with Gasteiger partial charge in [0.15, 0.2) is 11.4 Å². The number of carbonyl (C=O) groups excluding carboxylic acids is 1. The number of hydrogen-bond donors (Lipinski definition) is 8. The maximum Gasteiger partial charge on any atom is 0.355 e. The number of nitrogens with one attached hydrogen (secondary N) is 1. The Morgan fingerprint density at radius 2 is 1.92 bits per heavy atom. The van der Waals surface area contributed by atoms with Crippen molar-refractivity contribution in [3.8, 4) is 0 Å². The molecule has 11 nitrogen and oxygen atoms in total. The van der Waals surface area contributed by atoms with Crippen LogP contribution in [0, 0.1) is 28.6 Å². The van der Waals surface area contributed by atoms with Crippen molar-refractivity contribution in [3.63, 3.8) is 0 Å². The average Bonchev–Trinajstić information content (AvgIpc) is 3.44. The topological polar surface area (TPSA) is 193 Å². The summed E-state index contributed by atoms with van der Waals surface area (Å²) in [4.78, 5) is 15.9. The molecule has 0 radical (unpaired) electrons. The standard InChI is InChI=1S/C25H35NO10/c1-11(2)23(33)17(35-18(30)13-6-5-7-26-13)15-20(10-27)9-22(32)19(23,4)24(15,34)25(36-22)16(29)12(3)14(28)8-21(20,25)31/h5-7,11-12,14-17,26-29,31-34H,8-10H2,1-4H3/t12-,14+,15-,16+,17-,19-,20-,21-,22-,23+,24-,25+/m0/s1. The van der Waals surface area contributed by atoms with Gasteiger partial charge in [-0.05, 0) is 25.0 Å². The van der Waals surface area contributed by atoms with Gasteiger partial charge in [0.05, 0.1) is 24.2 Å². The molecule has 8 N–H and O–H groups in total. The summed E-state index contributed by atoms with van der Waals surface area (Å²) in [5.74, 6) is -6.11. The summed E-state index contributed by atoms with van der Waals surface area (Å²) in [6.07, 6.45) is -3.68. The molecule has 0 unspecified atom stereocenters. The molecule has 4 aliphatic carbocycles. The van der Waals surface area contributed by atoms with Crippen LogP contribution >= 0.6 is 0 Å². The Balaban J connectivity index is 1.67. The second-order valence-corrected chi connectivity index (χ2v) is 12.3. The second kappa shape index (κ2) is 6.52. The highest BCUT2D eigenvalue weighted by Crippen LogP contribution is 2.89. The molecule has 12 atom stereocenters. The van der Waals surface area contributed by atoms with Crippen LogP contribution in [-0.4, -0.2) is 99.8 Å². The van der Waals surface area contributed by atoms with Crippen LogP contribution in [0.25, 0.3) is 0 Å². The molecule has 7 rings (SSSR count). The largest absolute Gasteiger partial charge is 0.454 e. The molecular weight excluding hydrogens is 474 g/mol. The predicted octanol–water partition coefficient (Wildman–Crippen LogP) is -1.36. The lowest BCUT2D eigenvalue weighted by Gasteiger charge is -2.61. The minimum atomic E-state index is -2.36. The molecule has 2 saturated heterocycles. The zero-order valence-electron chi connectivity index (χ0n) is 20.7. The van der Waals surface area contributed by atoms with Gasteiger partial charge < -0.3 is 50.2 Å². The number of aliphatic hydroxyl groups excluding tert-OH is 3. The first-order chi connectivity index (χ1) is 16.6. The van der Waals surface area contributed by atoms with E-state index in [1.54, 1.807) is 19.9 Å². The summed E-state index contributed by atoms with van der Waals surface area (Å²) >= 11 is 0. The lowest BCUT2D eigenvalue weighted by Crippen LogP contribution is -2.77. The molecule has 4 saturated carbocycles. The van der Waals surface area contributed by atoms with Crippen LogP contribution in [0.4, 0.5) is 0 Å². The monoisotopic (exact) mass is 509 g/mol. The molecule has 200 valence electrons. The van der Waals surface area contributed by atoms with Crippen molar-refractivity contribution < 1.29 is 50.0 Å². The van der Waals surface area contributed by atoms with Gasteiger partial charge in [-0.2, -0.15) is 0 Å². The number of rotatable bonds is 4. The van der Waals surface area contributed by atoms with E-state index in [4.69, 9.17) is 9.47 Å². The molecule has 3 heterocycles. The van der Waals surface area contributed by atoms with Crippen LogP contribution in [0.3, 0.4) is 0 Å². The van der Waals surface area contributed by atoms with Crippen LogP contribution < -0.4 is 0 Å². The van der Waals surface area contributed by atoms with Crippen LogP contribution in [0.2, 0.25) is 0 Å². The summed E-state index contributed by atoms with van der Waals surface area (Å²) in [5, 5.41) is 83.0. The zero-order chi connectivity index (χ0) is 26.5. The van der Waals surface area contributed by atoms with Crippen molar-refractivity contribution >= 4 is 5.97 Å². The SMILES string of the molecule is CC(C)[C@@]1(O)[C@@H](OC(=O)c2ccc[nH]2)[C@H]2[C@@]3(CO)C[C@]4(O)O[C@@]5([C@H](O)[C@@H](C)[C@H](O)C[C@]35O)[C@@]2(O)[C@]14C. The third-order valence-electron chi connectivity index (χ3n) is 11.3. The van der Waals surface area contributed by atoms with E-state index in [1.807, 2.05) is 0 Å². The number of aliphatic hydroxyl groups is 7. The van der Waals surface area contributed by atoms with Crippen molar-refractivity contribution in [1.29, 1.82) is 0 Å². The maximum absolute atomic E-state index is 13.2. The van der Waals surface area contributed by atoms with Gasteiger partial charge in [-0.1, -0.05) is 20.8 Å². The Kier molecular flexibility index (Phi) is 4.48. The third-order valence-corrected chi connectivity index (χ3v) is 11.3. The molecular formula is C25H35NO10. The number of esters is 1. The van der Waals surface area contributed by atoms with Gasteiger partial charge in [0.2, 0.25) is 0 Å². The van der Waals surface area contributed by atoms with E-state index in [1.165, 1.54) is 26.1 Å².